The van der Waals surface area contributed by atoms with Gasteiger partial charge in [0.25, 0.3) is 0 Å². The molecule has 0 amide bonds. The van der Waals surface area contributed by atoms with Gasteiger partial charge in [-0.1, -0.05) is 6.92 Å². The van der Waals surface area contributed by atoms with E-state index < -0.39 is 10.0 Å². The second kappa shape index (κ2) is 5.21. The molecule has 124 valence electrons. The van der Waals surface area contributed by atoms with Gasteiger partial charge >= 0.3 is 0 Å². The molecule has 4 rings (SSSR count). The molecule has 7 heteroatoms. The van der Waals surface area contributed by atoms with Crippen molar-refractivity contribution in [1.82, 2.24) is 14.1 Å². The van der Waals surface area contributed by atoms with Crippen LogP contribution in [0.25, 0.3) is 0 Å². The lowest BCUT2D eigenvalue weighted by atomic mass is 10.3. The van der Waals surface area contributed by atoms with Crippen LogP contribution in [0.4, 0.5) is 0 Å². The van der Waals surface area contributed by atoms with Crippen LogP contribution in [-0.2, 0) is 23.6 Å². The van der Waals surface area contributed by atoms with Gasteiger partial charge in [0.1, 0.15) is 16.4 Å². The van der Waals surface area contributed by atoms with E-state index in [0.29, 0.717) is 18.4 Å². The Morgan fingerprint density at radius 1 is 1.39 bits per heavy atom. The molecule has 0 unspecified atom stereocenters. The van der Waals surface area contributed by atoms with E-state index in [9.17, 15) is 8.42 Å². The molecule has 2 aliphatic rings. The SMILES string of the molecule is C[C@H]1C[C@H]1c1ccc(CN(C2CC2)S(=O)(=O)c2cnn(C)c2)o1. The summed E-state index contributed by atoms with van der Waals surface area (Å²) in [5.74, 6) is 2.89. The van der Waals surface area contributed by atoms with Crippen molar-refractivity contribution in [2.75, 3.05) is 0 Å². The summed E-state index contributed by atoms with van der Waals surface area (Å²) in [5, 5.41) is 3.98. The Bertz CT molecular complexity index is 819. The average molecular weight is 335 g/mol. The molecule has 2 aromatic heterocycles. The van der Waals surface area contributed by atoms with Crippen LogP contribution in [0.5, 0.6) is 0 Å². The molecule has 2 aliphatic carbocycles. The molecule has 2 heterocycles. The van der Waals surface area contributed by atoms with E-state index in [1.165, 1.54) is 10.9 Å². The predicted molar refractivity (Wildman–Crippen MR) is 84.2 cm³/mol. The minimum atomic E-state index is -3.53. The van der Waals surface area contributed by atoms with E-state index in [1.807, 2.05) is 12.1 Å². The van der Waals surface area contributed by atoms with Gasteiger partial charge in [-0.2, -0.15) is 9.40 Å². The maximum Gasteiger partial charge on any atom is 0.246 e. The van der Waals surface area contributed by atoms with Crippen LogP contribution >= 0.6 is 0 Å². The van der Waals surface area contributed by atoms with Gasteiger partial charge in [0.15, 0.2) is 0 Å². The monoisotopic (exact) mass is 335 g/mol. The molecule has 2 saturated carbocycles. The first-order valence-corrected chi connectivity index (χ1v) is 9.48. The molecule has 6 nitrogen and oxygen atoms in total. The molecule has 2 atom stereocenters. The number of hydrogen-bond donors (Lipinski definition) is 0. The van der Waals surface area contributed by atoms with Crippen molar-refractivity contribution in [1.29, 1.82) is 0 Å². The van der Waals surface area contributed by atoms with Crippen LogP contribution in [-0.4, -0.2) is 28.5 Å². The van der Waals surface area contributed by atoms with E-state index in [2.05, 4.69) is 12.0 Å². The molecule has 23 heavy (non-hydrogen) atoms. The van der Waals surface area contributed by atoms with Gasteiger partial charge in [-0.25, -0.2) is 8.42 Å². The topological polar surface area (TPSA) is 68.3 Å². The lowest BCUT2D eigenvalue weighted by Crippen LogP contribution is -2.32. The van der Waals surface area contributed by atoms with Crippen molar-refractivity contribution in [2.45, 2.75) is 49.6 Å². The summed E-state index contributed by atoms with van der Waals surface area (Å²) in [6, 6.07) is 3.98. The Morgan fingerprint density at radius 2 is 2.13 bits per heavy atom. The lowest BCUT2D eigenvalue weighted by molar-refractivity contribution is 0.347. The normalized spacial score (nSPS) is 24.3. The van der Waals surface area contributed by atoms with Crippen molar-refractivity contribution in [3.8, 4) is 0 Å². The van der Waals surface area contributed by atoms with E-state index in [4.69, 9.17) is 4.42 Å². The molecule has 0 aliphatic heterocycles. The number of aryl methyl sites for hydroxylation is 1. The highest BCUT2D eigenvalue weighted by Gasteiger charge is 2.40. The molecular formula is C16H21N3O3S. The van der Waals surface area contributed by atoms with Crippen LogP contribution in [0, 0.1) is 5.92 Å². The first-order chi connectivity index (χ1) is 10.9. The first-order valence-electron chi connectivity index (χ1n) is 8.04. The average Bonchev–Trinajstić information content (AvgIpc) is 3.37. The summed E-state index contributed by atoms with van der Waals surface area (Å²) in [4.78, 5) is 0.245. The standard InChI is InChI=1S/C16H21N3O3S/c1-11-7-15(11)16-6-5-13(22-16)9-19(12-3-4-12)23(20,21)14-8-17-18(2)10-14/h5-6,8,10-12,15H,3-4,7,9H2,1-2H3/t11-,15+/m0/s1. The smallest absolute Gasteiger partial charge is 0.246 e. The molecule has 0 aromatic carbocycles. The van der Waals surface area contributed by atoms with Crippen molar-refractivity contribution < 1.29 is 12.8 Å². The van der Waals surface area contributed by atoms with E-state index >= 15 is 0 Å². The lowest BCUT2D eigenvalue weighted by Gasteiger charge is -2.19. The summed E-state index contributed by atoms with van der Waals surface area (Å²) >= 11 is 0. The van der Waals surface area contributed by atoms with E-state index in [1.54, 1.807) is 17.5 Å². The summed E-state index contributed by atoms with van der Waals surface area (Å²) in [5.41, 5.74) is 0. The summed E-state index contributed by atoms with van der Waals surface area (Å²) < 4.78 is 34.7. The highest BCUT2D eigenvalue weighted by Crippen LogP contribution is 2.47. The predicted octanol–water partition coefficient (Wildman–Crippen LogP) is 2.49. The fourth-order valence-corrected chi connectivity index (χ4v) is 4.63. The number of furan rings is 1. The third-order valence-corrected chi connectivity index (χ3v) is 6.56. The molecule has 0 N–H and O–H groups in total. The van der Waals surface area contributed by atoms with Crippen LogP contribution in [0.3, 0.4) is 0 Å². The Kier molecular flexibility index (Phi) is 3.39. The van der Waals surface area contributed by atoms with E-state index in [0.717, 1.165) is 30.8 Å². The summed E-state index contributed by atoms with van der Waals surface area (Å²) in [7, 11) is -1.81. The zero-order valence-electron chi connectivity index (χ0n) is 13.3. The highest BCUT2D eigenvalue weighted by atomic mass is 32.2. The van der Waals surface area contributed by atoms with Gasteiger partial charge < -0.3 is 4.42 Å². The van der Waals surface area contributed by atoms with E-state index in [-0.39, 0.29) is 10.9 Å². The van der Waals surface area contributed by atoms with Crippen molar-refractivity contribution in [3.05, 3.63) is 36.0 Å². The van der Waals surface area contributed by atoms with Crippen LogP contribution < -0.4 is 0 Å². The van der Waals surface area contributed by atoms with Crippen LogP contribution in [0.15, 0.2) is 33.8 Å². The van der Waals surface area contributed by atoms with Gasteiger partial charge in [0, 0.05) is 25.2 Å². The van der Waals surface area contributed by atoms with Gasteiger partial charge in [0.2, 0.25) is 10.0 Å². The van der Waals surface area contributed by atoms with Crippen molar-refractivity contribution in [2.24, 2.45) is 13.0 Å². The Hall–Kier alpha value is -1.60. The van der Waals surface area contributed by atoms with Gasteiger partial charge in [-0.05, 0) is 37.3 Å². The van der Waals surface area contributed by atoms with Gasteiger partial charge in [-0.3, -0.25) is 4.68 Å². The van der Waals surface area contributed by atoms with Crippen molar-refractivity contribution >= 4 is 10.0 Å². The molecule has 2 aromatic rings. The van der Waals surface area contributed by atoms with Gasteiger partial charge in [0.05, 0.1) is 12.7 Å². The Morgan fingerprint density at radius 3 is 2.70 bits per heavy atom. The van der Waals surface area contributed by atoms with Crippen LogP contribution in [0.1, 0.15) is 43.6 Å². The molecule has 0 spiro atoms. The Labute approximate surface area is 136 Å². The quantitative estimate of drug-likeness (QED) is 0.813. The number of nitrogens with zero attached hydrogens (tertiary/aromatic N) is 3. The minimum Gasteiger partial charge on any atom is -0.464 e. The van der Waals surface area contributed by atoms with Crippen molar-refractivity contribution in [3.63, 3.8) is 0 Å². The fraction of sp³-hybridized carbons (Fsp3) is 0.562. The zero-order chi connectivity index (χ0) is 16.2. The highest BCUT2D eigenvalue weighted by molar-refractivity contribution is 7.89. The molecule has 0 saturated heterocycles. The Balaban J connectivity index is 1.57. The number of rotatable bonds is 6. The fourth-order valence-electron chi connectivity index (χ4n) is 2.99. The third kappa shape index (κ3) is 2.83. The zero-order valence-corrected chi connectivity index (χ0v) is 14.2. The molecular weight excluding hydrogens is 314 g/mol. The number of aromatic nitrogens is 2. The summed E-state index contributed by atoms with van der Waals surface area (Å²) in [6.45, 7) is 2.50. The second-order valence-corrected chi connectivity index (χ2v) is 8.65. The first kappa shape index (κ1) is 15.0. The molecule has 0 radical (unpaired) electrons. The molecule has 0 bridgehead atoms. The number of hydrogen-bond acceptors (Lipinski definition) is 4. The maximum absolute atomic E-state index is 12.9. The number of sulfonamides is 1. The van der Waals surface area contributed by atoms with Crippen LogP contribution in [0.2, 0.25) is 0 Å². The summed E-state index contributed by atoms with van der Waals surface area (Å²) in [6.07, 6.45) is 5.93. The van der Waals surface area contributed by atoms with Gasteiger partial charge in [-0.15, -0.1) is 0 Å². The minimum absolute atomic E-state index is 0.0774. The molecule has 2 fully saturated rings. The maximum atomic E-state index is 12.9. The second-order valence-electron chi connectivity index (χ2n) is 6.75. The third-order valence-electron chi connectivity index (χ3n) is 4.71. The largest absolute Gasteiger partial charge is 0.464 e.